The second-order valence-electron chi connectivity index (χ2n) is 5.75. The monoisotopic (exact) mass is 379 g/mol. The molecule has 2 aromatic carbocycles. The summed E-state index contributed by atoms with van der Waals surface area (Å²) < 4.78 is 15.7. The zero-order chi connectivity index (χ0) is 20.1. The Morgan fingerprint density at radius 3 is 2.54 bits per heavy atom. The minimum absolute atomic E-state index is 0.143. The zero-order valence-corrected chi connectivity index (χ0v) is 15.2. The third kappa shape index (κ3) is 4.27. The average Bonchev–Trinajstić information content (AvgIpc) is 3.06. The van der Waals surface area contributed by atoms with Crippen molar-refractivity contribution < 1.29 is 28.9 Å². The van der Waals surface area contributed by atoms with Crippen LogP contribution in [0.2, 0.25) is 0 Å². The molecular weight excluding hydrogens is 362 g/mol. The number of hydrogen-bond acceptors (Lipinski definition) is 6. The summed E-state index contributed by atoms with van der Waals surface area (Å²) in [6.45, 7) is 0. The largest absolute Gasteiger partial charge is 0.493 e. The highest BCUT2D eigenvalue weighted by molar-refractivity contribution is 6.13. The molecule has 0 aliphatic carbocycles. The maximum Gasteiger partial charge on any atom is 0.363 e. The lowest BCUT2D eigenvalue weighted by Crippen LogP contribution is -2.06. The minimum atomic E-state index is -1.03. The second-order valence-corrected chi connectivity index (χ2v) is 5.75. The number of hydrogen-bond donors (Lipinski definition) is 1. The molecule has 7 nitrogen and oxygen atoms in total. The number of benzene rings is 2. The topological polar surface area (TPSA) is 94.4 Å². The number of cyclic esters (lactones) is 1. The molecule has 0 saturated heterocycles. The fraction of sp³-hybridized carbons (Fsp3) is 0.0952. The molecule has 142 valence electrons. The fourth-order valence-corrected chi connectivity index (χ4v) is 2.58. The SMILES string of the molecule is COc1ccc(C2=N/C(=C\c3cccc(/C=C/C(=O)O)c3)C(=O)O2)cc1OC. The molecule has 0 amide bonds. The van der Waals surface area contributed by atoms with Crippen LogP contribution >= 0.6 is 0 Å². The van der Waals surface area contributed by atoms with Gasteiger partial charge in [-0.25, -0.2) is 14.6 Å². The van der Waals surface area contributed by atoms with Crippen LogP contribution in [0.5, 0.6) is 11.5 Å². The Morgan fingerprint density at radius 1 is 1.07 bits per heavy atom. The molecule has 1 aliphatic rings. The molecule has 0 unspecified atom stereocenters. The highest BCUT2D eigenvalue weighted by atomic mass is 16.6. The number of ether oxygens (including phenoxy) is 3. The van der Waals surface area contributed by atoms with E-state index in [-0.39, 0.29) is 11.6 Å². The molecule has 3 rings (SSSR count). The van der Waals surface area contributed by atoms with Gasteiger partial charge >= 0.3 is 11.9 Å². The maximum atomic E-state index is 12.2. The standard InChI is InChI=1S/C21H17NO6/c1-26-17-8-7-15(12-18(17)27-2)20-22-16(21(25)28-20)11-14-5-3-4-13(10-14)6-9-19(23)24/h3-12H,1-2H3,(H,23,24)/b9-6+,16-11-. The zero-order valence-electron chi connectivity index (χ0n) is 15.2. The highest BCUT2D eigenvalue weighted by Crippen LogP contribution is 2.29. The van der Waals surface area contributed by atoms with E-state index in [0.717, 1.165) is 6.08 Å². The molecular formula is C21H17NO6. The van der Waals surface area contributed by atoms with E-state index in [1.54, 1.807) is 48.5 Å². The molecule has 28 heavy (non-hydrogen) atoms. The number of carbonyl (C=O) groups is 2. The van der Waals surface area contributed by atoms with E-state index in [4.69, 9.17) is 19.3 Å². The Morgan fingerprint density at radius 2 is 1.82 bits per heavy atom. The third-order valence-electron chi connectivity index (χ3n) is 3.88. The minimum Gasteiger partial charge on any atom is -0.493 e. The number of methoxy groups -OCH3 is 2. The van der Waals surface area contributed by atoms with Crippen LogP contribution in [0.1, 0.15) is 16.7 Å². The number of esters is 1. The lowest BCUT2D eigenvalue weighted by Gasteiger charge is -2.08. The average molecular weight is 379 g/mol. The molecule has 7 heteroatoms. The van der Waals surface area contributed by atoms with Gasteiger partial charge in [0.25, 0.3) is 0 Å². The van der Waals surface area contributed by atoms with Gasteiger partial charge in [-0.2, -0.15) is 0 Å². The van der Waals surface area contributed by atoms with Crippen molar-refractivity contribution in [2.24, 2.45) is 4.99 Å². The van der Waals surface area contributed by atoms with Gasteiger partial charge in [0.2, 0.25) is 5.90 Å². The van der Waals surface area contributed by atoms with E-state index >= 15 is 0 Å². The first-order valence-corrected chi connectivity index (χ1v) is 8.26. The maximum absolute atomic E-state index is 12.2. The van der Waals surface area contributed by atoms with Crippen molar-refractivity contribution in [1.82, 2.24) is 0 Å². The van der Waals surface area contributed by atoms with Gasteiger partial charge in [0, 0.05) is 11.6 Å². The summed E-state index contributed by atoms with van der Waals surface area (Å²) in [7, 11) is 3.05. The molecule has 0 fully saturated rings. The van der Waals surface area contributed by atoms with E-state index in [1.807, 2.05) is 0 Å². The van der Waals surface area contributed by atoms with E-state index in [0.29, 0.717) is 28.2 Å². The van der Waals surface area contributed by atoms with Crippen molar-refractivity contribution in [1.29, 1.82) is 0 Å². The Hall–Kier alpha value is -3.87. The fourth-order valence-electron chi connectivity index (χ4n) is 2.58. The molecule has 0 saturated carbocycles. The summed E-state index contributed by atoms with van der Waals surface area (Å²) >= 11 is 0. The van der Waals surface area contributed by atoms with Crippen molar-refractivity contribution in [3.8, 4) is 11.5 Å². The van der Waals surface area contributed by atoms with Gasteiger partial charge in [-0.3, -0.25) is 0 Å². The Balaban J connectivity index is 1.90. The number of carboxylic acids is 1. The summed E-state index contributed by atoms with van der Waals surface area (Å²) in [6.07, 6.45) is 4.09. The van der Waals surface area contributed by atoms with Crippen molar-refractivity contribution in [3.05, 3.63) is 70.9 Å². The normalized spacial score (nSPS) is 14.9. The molecule has 0 atom stereocenters. The first-order chi connectivity index (χ1) is 13.5. The van der Waals surface area contributed by atoms with E-state index in [1.165, 1.54) is 20.3 Å². The Bertz CT molecular complexity index is 1020. The van der Waals surface area contributed by atoms with Gasteiger partial charge in [0.05, 0.1) is 14.2 Å². The molecule has 1 N–H and O–H groups in total. The van der Waals surface area contributed by atoms with Crippen LogP contribution in [-0.4, -0.2) is 37.2 Å². The van der Waals surface area contributed by atoms with Crippen LogP contribution in [-0.2, 0) is 14.3 Å². The summed E-state index contributed by atoms with van der Waals surface area (Å²) in [5, 5.41) is 8.72. The van der Waals surface area contributed by atoms with Crippen LogP contribution in [0.3, 0.4) is 0 Å². The summed E-state index contributed by atoms with van der Waals surface area (Å²) in [5.74, 6) is -0.394. The molecule has 0 spiro atoms. The van der Waals surface area contributed by atoms with Crippen molar-refractivity contribution in [3.63, 3.8) is 0 Å². The summed E-state index contributed by atoms with van der Waals surface area (Å²) in [5.41, 5.74) is 2.10. The quantitative estimate of drug-likeness (QED) is 0.612. The molecule has 1 aliphatic heterocycles. The number of carboxylic acid groups (broad SMARTS) is 1. The van der Waals surface area contributed by atoms with Crippen LogP contribution in [0.15, 0.2) is 59.2 Å². The Kier molecular flexibility index (Phi) is 5.55. The van der Waals surface area contributed by atoms with Gasteiger partial charge in [-0.1, -0.05) is 18.2 Å². The number of aliphatic carboxylic acids is 1. The Labute approximate surface area is 161 Å². The predicted octanol–water partition coefficient (Wildman–Crippen LogP) is 3.15. The van der Waals surface area contributed by atoms with Gasteiger partial charge in [-0.15, -0.1) is 0 Å². The van der Waals surface area contributed by atoms with E-state index < -0.39 is 11.9 Å². The second kappa shape index (κ2) is 8.22. The third-order valence-corrected chi connectivity index (χ3v) is 3.88. The summed E-state index contributed by atoms with van der Waals surface area (Å²) in [4.78, 5) is 27.1. The molecule has 0 radical (unpaired) electrons. The van der Waals surface area contributed by atoms with Crippen LogP contribution in [0.4, 0.5) is 0 Å². The number of rotatable bonds is 6. The van der Waals surface area contributed by atoms with Crippen molar-refractivity contribution in [2.45, 2.75) is 0 Å². The van der Waals surface area contributed by atoms with Gasteiger partial charge < -0.3 is 19.3 Å². The van der Waals surface area contributed by atoms with Crippen LogP contribution in [0.25, 0.3) is 12.2 Å². The summed E-state index contributed by atoms with van der Waals surface area (Å²) in [6, 6.07) is 12.1. The van der Waals surface area contributed by atoms with Gasteiger partial charge in [-0.05, 0) is 47.5 Å². The molecule has 2 aromatic rings. The molecule has 1 heterocycles. The highest BCUT2D eigenvalue weighted by Gasteiger charge is 2.25. The van der Waals surface area contributed by atoms with Crippen molar-refractivity contribution >= 4 is 30.0 Å². The van der Waals surface area contributed by atoms with Crippen LogP contribution < -0.4 is 9.47 Å². The van der Waals surface area contributed by atoms with Crippen LogP contribution in [0, 0.1) is 0 Å². The predicted molar refractivity (Wildman–Crippen MR) is 103 cm³/mol. The van der Waals surface area contributed by atoms with Gasteiger partial charge in [0.15, 0.2) is 17.2 Å². The molecule has 0 aromatic heterocycles. The van der Waals surface area contributed by atoms with Gasteiger partial charge in [0.1, 0.15) is 0 Å². The van der Waals surface area contributed by atoms with E-state index in [2.05, 4.69) is 4.99 Å². The number of carbonyl (C=O) groups excluding carboxylic acids is 1. The first-order valence-electron chi connectivity index (χ1n) is 8.26. The lowest BCUT2D eigenvalue weighted by atomic mass is 10.1. The smallest absolute Gasteiger partial charge is 0.363 e. The first kappa shape index (κ1) is 18.9. The number of aliphatic imine (C=N–C) groups is 1. The van der Waals surface area contributed by atoms with E-state index in [9.17, 15) is 9.59 Å². The van der Waals surface area contributed by atoms with Crippen molar-refractivity contribution in [2.75, 3.05) is 14.2 Å². The lowest BCUT2D eigenvalue weighted by molar-refractivity contribution is -0.131. The number of nitrogens with zero attached hydrogens (tertiary/aromatic N) is 1. The molecule has 0 bridgehead atoms.